The van der Waals surface area contributed by atoms with Crippen LogP contribution < -0.4 is 0 Å². The molecule has 1 N–H and O–H groups in total. The molecule has 5 heteroatoms. The largest absolute Gasteiger partial charge is 0.338 e. The monoisotopic (exact) mass is 299 g/mol. The Morgan fingerprint density at radius 3 is 2.70 bits per heavy atom. The van der Waals surface area contributed by atoms with E-state index in [1.54, 1.807) is 31.0 Å². The summed E-state index contributed by atoms with van der Waals surface area (Å²) in [5.41, 5.74) is 4.72. The molecule has 0 aliphatic heterocycles. The number of hydrogen-bond acceptors (Lipinski definition) is 4. The summed E-state index contributed by atoms with van der Waals surface area (Å²) in [6, 6.07) is 13.6. The summed E-state index contributed by atoms with van der Waals surface area (Å²) in [7, 11) is 0. The van der Waals surface area contributed by atoms with Gasteiger partial charge in [0.2, 0.25) is 0 Å². The van der Waals surface area contributed by atoms with E-state index in [1.807, 2.05) is 42.5 Å². The van der Waals surface area contributed by atoms with E-state index in [2.05, 4.69) is 24.9 Å². The average Bonchev–Trinajstić information content (AvgIpc) is 3.05. The maximum absolute atomic E-state index is 4.60. The van der Waals surface area contributed by atoms with Crippen molar-refractivity contribution in [3.05, 3.63) is 72.8 Å². The van der Waals surface area contributed by atoms with E-state index >= 15 is 0 Å². The molecule has 3 aromatic heterocycles. The van der Waals surface area contributed by atoms with E-state index in [4.69, 9.17) is 0 Å². The van der Waals surface area contributed by atoms with E-state index in [1.165, 1.54) is 0 Å². The Morgan fingerprint density at radius 2 is 1.87 bits per heavy atom. The second kappa shape index (κ2) is 5.81. The predicted molar refractivity (Wildman–Crippen MR) is 90.8 cm³/mol. The summed E-state index contributed by atoms with van der Waals surface area (Å²) in [4.78, 5) is 20.5. The van der Waals surface area contributed by atoms with Crippen molar-refractivity contribution in [3.8, 4) is 11.4 Å². The Labute approximate surface area is 132 Å². The number of aliphatic imine (C=N–C) groups is 1. The Kier molecular flexibility index (Phi) is 3.37. The molecule has 0 atom stereocenters. The van der Waals surface area contributed by atoms with Crippen molar-refractivity contribution < 1.29 is 0 Å². The number of fused-ring (bicyclic) bond motifs is 1. The first-order valence-electron chi connectivity index (χ1n) is 7.23. The van der Waals surface area contributed by atoms with Crippen LogP contribution in [0.4, 0.5) is 5.69 Å². The standard InChI is InChI=1S/C18H13N5/c1-2-13(11-20-7-1)12-21-15-3-4-16-17(10-15)23-18(22-16)14-5-8-19-9-6-14/h1-12H,(H,22,23). The summed E-state index contributed by atoms with van der Waals surface area (Å²) < 4.78 is 0. The Hall–Kier alpha value is -3.34. The lowest BCUT2D eigenvalue weighted by atomic mass is 10.2. The number of pyridine rings is 2. The van der Waals surface area contributed by atoms with Crippen LogP contribution in [0.25, 0.3) is 22.4 Å². The van der Waals surface area contributed by atoms with Gasteiger partial charge in [0.25, 0.3) is 0 Å². The van der Waals surface area contributed by atoms with Gasteiger partial charge in [-0.2, -0.15) is 0 Å². The minimum atomic E-state index is 0.829. The molecule has 0 radical (unpaired) electrons. The summed E-state index contributed by atoms with van der Waals surface area (Å²) in [5, 5.41) is 0. The van der Waals surface area contributed by atoms with Gasteiger partial charge in [-0.25, -0.2) is 4.98 Å². The third kappa shape index (κ3) is 2.85. The van der Waals surface area contributed by atoms with E-state index in [0.29, 0.717) is 0 Å². The van der Waals surface area contributed by atoms with Crippen LogP contribution in [0.15, 0.2) is 72.2 Å². The second-order valence-corrected chi connectivity index (χ2v) is 5.07. The lowest BCUT2D eigenvalue weighted by Gasteiger charge is -1.94. The molecule has 0 saturated carbocycles. The average molecular weight is 299 g/mol. The summed E-state index contributed by atoms with van der Waals surface area (Å²) in [6.45, 7) is 0. The molecule has 5 nitrogen and oxygen atoms in total. The normalized spacial score (nSPS) is 11.3. The third-order valence-electron chi connectivity index (χ3n) is 3.47. The number of rotatable bonds is 3. The van der Waals surface area contributed by atoms with Crippen LogP contribution in [0.2, 0.25) is 0 Å². The van der Waals surface area contributed by atoms with Gasteiger partial charge in [-0.15, -0.1) is 0 Å². The highest BCUT2D eigenvalue weighted by Crippen LogP contribution is 2.23. The number of nitrogens with zero attached hydrogens (tertiary/aromatic N) is 4. The van der Waals surface area contributed by atoms with Gasteiger partial charge in [-0.3, -0.25) is 15.0 Å². The zero-order valence-corrected chi connectivity index (χ0v) is 12.2. The first-order chi connectivity index (χ1) is 11.4. The fourth-order valence-corrected chi connectivity index (χ4v) is 2.33. The van der Waals surface area contributed by atoms with Crippen molar-refractivity contribution in [3.63, 3.8) is 0 Å². The number of aromatic nitrogens is 4. The van der Waals surface area contributed by atoms with Crippen LogP contribution in [-0.4, -0.2) is 26.2 Å². The fraction of sp³-hybridized carbons (Fsp3) is 0. The molecule has 4 rings (SSSR count). The number of benzene rings is 1. The van der Waals surface area contributed by atoms with E-state index in [-0.39, 0.29) is 0 Å². The molecule has 0 amide bonds. The summed E-state index contributed by atoms with van der Waals surface area (Å²) >= 11 is 0. The zero-order chi connectivity index (χ0) is 15.5. The molecule has 1 aromatic carbocycles. The fourth-order valence-electron chi connectivity index (χ4n) is 2.33. The molecule has 0 aliphatic rings. The molecule has 3 heterocycles. The summed E-state index contributed by atoms with van der Waals surface area (Å²) in [6.07, 6.45) is 8.83. The van der Waals surface area contributed by atoms with Crippen molar-refractivity contribution >= 4 is 22.9 Å². The van der Waals surface area contributed by atoms with Gasteiger partial charge in [-0.1, -0.05) is 6.07 Å². The highest BCUT2D eigenvalue weighted by molar-refractivity contribution is 5.85. The predicted octanol–water partition coefficient (Wildman–Crippen LogP) is 3.77. The summed E-state index contributed by atoms with van der Waals surface area (Å²) in [5.74, 6) is 0.829. The Balaban J connectivity index is 1.67. The number of aromatic amines is 1. The smallest absolute Gasteiger partial charge is 0.138 e. The van der Waals surface area contributed by atoms with E-state index < -0.39 is 0 Å². The minimum Gasteiger partial charge on any atom is -0.338 e. The van der Waals surface area contributed by atoms with Crippen molar-refractivity contribution in [2.45, 2.75) is 0 Å². The van der Waals surface area contributed by atoms with Crippen LogP contribution in [0, 0.1) is 0 Å². The Bertz CT molecular complexity index is 959. The SMILES string of the molecule is C(=Nc1ccc2nc(-c3ccncc3)[nH]c2c1)c1cccnc1. The molecule has 0 spiro atoms. The van der Waals surface area contributed by atoms with Crippen molar-refractivity contribution in [1.82, 2.24) is 19.9 Å². The topological polar surface area (TPSA) is 66.8 Å². The van der Waals surface area contributed by atoms with Crippen molar-refractivity contribution in [2.24, 2.45) is 4.99 Å². The van der Waals surface area contributed by atoms with E-state index in [0.717, 1.165) is 33.7 Å². The second-order valence-electron chi connectivity index (χ2n) is 5.07. The molecule has 110 valence electrons. The molecule has 0 bridgehead atoms. The van der Waals surface area contributed by atoms with E-state index in [9.17, 15) is 0 Å². The number of H-pyrrole nitrogens is 1. The number of imidazole rings is 1. The van der Waals surface area contributed by atoms with Crippen LogP contribution in [-0.2, 0) is 0 Å². The van der Waals surface area contributed by atoms with Gasteiger partial charge in [0, 0.05) is 42.1 Å². The maximum Gasteiger partial charge on any atom is 0.138 e. The number of nitrogens with one attached hydrogen (secondary N) is 1. The van der Waals surface area contributed by atoms with Gasteiger partial charge in [0.05, 0.1) is 16.7 Å². The minimum absolute atomic E-state index is 0.829. The molecular formula is C18H13N5. The molecule has 0 unspecified atom stereocenters. The quantitative estimate of drug-likeness (QED) is 0.585. The molecule has 0 aliphatic carbocycles. The van der Waals surface area contributed by atoms with Gasteiger partial charge in [0.1, 0.15) is 5.82 Å². The molecule has 0 saturated heterocycles. The lowest BCUT2D eigenvalue weighted by Crippen LogP contribution is -1.80. The number of hydrogen-bond donors (Lipinski definition) is 1. The van der Waals surface area contributed by atoms with Crippen LogP contribution in [0.1, 0.15) is 5.56 Å². The van der Waals surface area contributed by atoms with Gasteiger partial charge >= 0.3 is 0 Å². The van der Waals surface area contributed by atoms with Crippen molar-refractivity contribution in [1.29, 1.82) is 0 Å². The molecule has 0 fully saturated rings. The first kappa shape index (κ1) is 13.3. The zero-order valence-electron chi connectivity index (χ0n) is 12.2. The van der Waals surface area contributed by atoms with Gasteiger partial charge < -0.3 is 4.98 Å². The van der Waals surface area contributed by atoms with Crippen LogP contribution in [0.3, 0.4) is 0 Å². The maximum atomic E-state index is 4.60. The molecular weight excluding hydrogens is 286 g/mol. The molecule has 4 aromatic rings. The highest BCUT2D eigenvalue weighted by Gasteiger charge is 2.05. The molecule has 23 heavy (non-hydrogen) atoms. The highest BCUT2D eigenvalue weighted by atomic mass is 14.9. The van der Waals surface area contributed by atoms with Gasteiger partial charge in [-0.05, 0) is 36.4 Å². The third-order valence-corrected chi connectivity index (χ3v) is 3.47. The van der Waals surface area contributed by atoms with Crippen LogP contribution >= 0.6 is 0 Å². The Morgan fingerprint density at radius 1 is 0.957 bits per heavy atom. The lowest BCUT2D eigenvalue weighted by molar-refractivity contribution is 1.28. The van der Waals surface area contributed by atoms with Crippen molar-refractivity contribution in [2.75, 3.05) is 0 Å². The van der Waals surface area contributed by atoms with Gasteiger partial charge in [0.15, 0.2) is 0 Å². The van der Waals surface area contributed by atoms with Crippen LogP contribution in [0.5, 0.6) is 0 Å². The first-order valence-corrected chi connectivity index (χ1v) is 7.23.